The lowest BCUT2D eigenvalue weighted by Gasteiger charge is -2.29. The Morgan fingerprint density at radius 1 is 0.438 bits per heavy atom. The van der Waals surface area contributed by atoms with Crippen LogP contribution in [0.4, 0.5) is 0 Å². The molecule has 0 aromatic heterocycles. The summed E-state index contributed by atoms with van der Waals surface area (Å²) in [7, 11) is -1.48. The number of aliphatic imine (C=N–C) groups is 2. The van der Waals surface area contributed by atoms with Crippen molar-refractivity contribution in [2.24, 2.45) is 9.98 Å². The summed E-state index contributed by atoms with van der Waals surface area (Å²) in [6.45, 7) is 1.64. The first-order chi connectivity index (χ1) is 23.8. The first-order valence-corrected chi connectivity index (χ1v) is 21.0. The molecule has 2 aliphatic carbocycles. The topological polar surface area (TPSA) is 48.8 Å². The second kappa shape index (κ2) is 19.0. The maximum atomic E-state index is 5.39. The van der Waals surface area contributed by atoms with Crippen LogP contribution in [0.2, 0.25) is 0 Å². The predicted octanol–water partition coefficient (Wildman–Crippen LogP) is 8.59. The molecule has 2 saturated carbocycles. The van der Waals surface area contributed by atoms with Gasteiger partial charge in [0.05, 0.1) is 0 Å². The van der Waals surface area contributed by atoms with E-state index < -0.39 is 15.8 Å². The highest BCUT2D eigenvalue weighted by atomic mass is 31.1. The van der Waals surface area contributed by atoms with Gasteiger partial charge in [0.15, 0.2) is 0 Å². The minimum Gasteiger partial charge on any atom is -0.367 e. The second-order valence-electron chi connectivity index (χ2n) is 13.1. The molecule has 2 N–H and O–H groups in total. The molecule has 2 fully saturated rings. The SMILES string of the molecule is c1ccc(P(C(=NCCCCN=C(NC2CCCCC2)P(c2ccccc2)c2ccccc2)NC2CCCCC2)c2ccccc2)cc1. The average Bonchev–Trinajstić information content (AvgIpc) is 3.15. The van der Waals surface area contributed by atoms with Gasteiger partial charge in [-0.2, -0.15) is 0 Å². The Bertz CT molecular complexity index is 1340. The molecule has 48 heavy (non-hydrogen) atoms. The molecule has 6 heteroatoms. The molecule has 4 aromatic carbocycles. The first-order valence-electron chi connectivity index (χ1n) is 18.3. The summed E-state index contributed by atoms with van der Waals surface area (Å²) in [6, 6.07) is 45.1. The van der Waals surface area contributed by atoms with Crippen LogP contribution >= 0.6 is 15.8 Å². The van der Waals surface area contributed by atoms with E-state index in [9.17, 15) is 0 Å². The van der Waals surface area contributed by atoms with Crippen molar-refractivity contribution in [3.63, 3.8) is 0 Å². The molecule has 0 atom stereocenters. The van der Waals surface area contributed by atoms with Gasteiger partial charge in [-0.3, -0.25) is 9.98 Å². The molecule has 4 nitrogen and oxygen atoms in total. The Labute approximate surface area is 291 Å². The van der Waals surface area contributed by atoms with Gasteiger partial charge in [0.25, 0.3) is 0 Å². The predicted molar refractivity (Wildman–Crippen MR) is 212 cm³/mol. The summed E-state index contributed by atoms with van der Waals surface area (Å²) in [4.78, 5) is 10.8. The monoisotopic (exact) mass is 674 g/mol. The molecular formula is C42H52N4P2. The van der Waals surface area contributed by atoms with E-state index in [4.69, 9.17) is 9.98 Å². The van der Waals surface area contributed by atoms with Gasteiger partial charge in [0.1, 0.15) is 11.2 Å². The maximum Gasteiger partial charge on any atom is 0.129 e. The highest BCUT2D eigenvalue weighted by molar-refractivity contribution is 7.88. The minimum atomic E-state index is -0.741. The summed E-state index contributed by atoms with van der Waals surface area (Å²) < 4.78 is 0. The van der Waals surface area contributed by atoms with E-state index >= 15 is 0 Å². The van der Waals surface area contributed by atoms with Crippen molar-refractivity contribution < 1.29 is 0 Å². The first kappa shape index (κ1) is 34.5. The second-order valence-corrected chi connectivity index (χ2v) is 17.3. The molecule has 0 aliphatic heterocycles. The number of benzene rings is 4. The van der Waals surface area contributed by atoms with Crippen LogP contribution in [0.5, 0.6) is 0 Å². The molecule has 0 unspecified atom stereocenters. The van der Waals surface area contributed by atoms with E-state index in [0.29, 0.717) is 12.1 Å². The van der Waals surface area contributed by atoms with E-state index in [1.54, 1.807) is 0 Å². The molecule has 4 aromatic rings. The van der Waals surface area contributed by atoms with Crippen LogP contribution in [-0.4, -0.2) is 36.3 Å². The number of amidine groups is 2. The van der Waals surface area contributed by atoms with Gasteiger partial charge in [-0.1, -0.05) is 160 Å². The van der Waals surface area contributed by atoms with Gasteiger partial charge >= 0.3 is 0 Å². The highest BCUT2D eigenvalue weighted by Crippen LogP contribution is 2.37. The molecule has 0 spiro atoms. The van der Waals surface area contributed by atoms with E-state index in [-0.39, 0.29) is 0 Å². The lowest BCUT2D eigenvalue weighted by atomic mass is 9.96. The third-order valence-corrected chi connectivity index (χ3v) is 14.1. The van der Waals surface area contributed by atoms with Gasteiger partial charge in [0, 0.05) is 41.0 Å². The Kier molecular flexibility index (Phi) is 13.7. The van der Waals surface area contributed by atoms with Crippen molar-refractivity contribution in [3.05, 3.63) is 121 Å². The van der Waals surface area contributed by atoms with Gasteiger partial charge in [-0.15, -0.1) is 0 Å². The van der Waals surface area contributed by atoms with E-state index in [1.165, 1.54) is 96.6 Å². The van der Waals surface area contributed by atoms with Crippen LogP contribution in [-0.2, 0) is 0 Å². The van der Waals surface area contributed by atoms with Crippen LogP contribution in [0.3, 0.4) is 0 Å². The quantitative estimate of drug-likeness (QED) is 0.0646. The van der Waals surface area contributed by atoms with Crippen molar-refractivity contribution in [1.29, 1.82) is 0 Å². The van der Waals surface area contributed by atoms with Crippen molar-refractivity contribution >= 4 is 48.2 Å². The number of hydrogen-bond donors (Lipinski definition) is 2. The normalized spacial score (nSPS) is 16.7. The molecule has 0 amide bonds. The van der Waals surface area contributed by atoms with E-state index in [2.05, 4.69) is 132 Å². The van der Waals surface area contributed by atoms with Gasteiger partial charge < -0.3 is 10.6 Å². The van der Waals surface area contributed by atoms with E-state index in [0.717, 1.165) is 25.9 Å². The number of unbranched alkanes of at least 4 members (excludes halogenated alkanes) is 1. The Morgan fingerprint density at radius 3 is 1.02 bits per heavy atom. The molecule has 250 valence electrons. The Morgan fingerprint density at radius 2 is 0.729 bits per heavy atom. The number of rotatable bonds is 13. The maximum absolute atomic E-state index is 5.39. The van der Waals surface area contributed by atoms with Crippen LogP contribution in [0, 0.1) is 0 Å². The van der Waals surface area contributed by atoms with E-state index in [1.807, 2.05) is 0 Å². The van der Waals surface area contributed by atoms with Crippen LogP contribution in [0.25, 0.3) is 0 Å². The zero-order valence-electron chi connectivity index (χ0n) is 28.4. The summed E-state index contributed by atoms with van der Waals surface area (Å²) >= 11 is 0. The molecule has 0 saturated heterocycles. The highest BCUT2D eigenvalue weighted by Gasteiger charge is 2.25. The number of nitrogens with one attached hydrogen (secondary N) is 2. The van der Waals surface area contributed by atoms with Crippen molar-refractivity contribution in [1.82, 2.24) is 10.6 Å². The third-order valence-electron chi connectivity index (χ3n) is 9.45. The summed E-state index contributed by atoms with van der Waals surface area (Å²) in [6.07, 6.45) is 14.9. The van der Waals surface area contributed by atoms with Crippen molar-refractivity contribution in [3.8, 4) is 0 Å². The number of hydrogen-bond acceptors (Lipinski definition) is 2. The summed E-state index contributed by atoms with van der Waals surface area (Å²) in [5, 5.41) is 13.4. The molecule has 0 radical (unpaired) electrons. The molecule has 0 bridgehead atoms. The lowest BCUT2D eigenvalue weighted by Crippen LogP contribution is -2.38. The van der Waals surface area contributed by atoms with Crippen LogP contribution < -0.4 is 31.9 Å². The number of nitrogens with zero attached hydrogens (tertiary/aromatic N) is 2. The Hall–Kier alpha value is -3.32. The zero-order chi connectivity index (χ0) is 32.6. The minimum absolute atomic E-state index is 0.517. The average molecular weight is 675 g/mol. The molecule has 6 rings (SSSR count). The molecule has 2 aliphatic rings. The smallest absolute Gasteiger partial charge is 0.129 e. The fourth-order valence-corrected chi connectivity index (χ4v) is 11.5. The van der Waals surface area contributed by atoms with Gasteiger partial charge in [0.2, 0.25) is 0 Å². The Balaban J connectivity index is 1.20. The molecular weight excluding hydrogens is 622 g/mol. The van der Waals surface area contributed by atoms with Gasteiger partial charge in [-0.05, 0) is 59.7 Å². The van der Waals surface area contributed by atoms with Gasteiger partial charge in [-0.25, -0.2) is 0 Å². The third kappa shape index (κ3) is 10.1. The fourth-order valence-electron chi connectivity index (χ4n) is 6.91. The largest absolute Gasteiger partial charge is 0.367 e. The zero-order valence-corrected chi connectivity index (χ0v) is 30.2. The standard InChI is InChI=1S/C42H52N4P2/c1-7-21-35(22-8-1)45-41(47(37-25-11-3-12-26-37)38-27-13-4-14-28-38)43-33-19-20-34-44-42(46-36-23-9-2-10-24-36)48(39-29-15-5-16-30-39)40-31-17-6-18-32-40/h3-6,11-18,25-32,35-36H,1-2,7-10,19-24,33-34H2,(H,43,45)(H,44,46). The van der Waals surface area contributed by atoms with Crippen LogP contribution in [0.1, 0.15) is 77.0 Å². The fraction of sp³-hybridized carbons (Fsp3) is 0.381. The van der Waals surface area contributed by atoms with Crippen molar-refractivity contribution in [2.45, 2.75) is 89.1 Å². The lowest BCUT2D eigenvalue weighted by molar-refractivity contribution is 0.414. The van der Waals surface area contributed by atoms with Crippen molar-refractivity contribution in [2.75, 3.05) is 13.1 Å². The van der Waals surface area contributed by atoms with Crippen LogP contribution in [0.15, 0.2) is 131 Å². The summed E-state index contributed by atoms with van der Waals surface area (Å²) in [5.74, 6) is 0. The summed E-state index contributed by atoms with van der Waals surface area (Å²) in [5.41, 5.74) is 2.38. The molecule has 0 heterocycles.